The summed E-state index contributed by atoms with van der Waals surface area (Å²) in [7, 11) is -2.10. The fraction of sp³-hybridized carbons (Fsp3) is 0.318. The van der Waals surface area contributed by atoms with Gasteiger partial charge in [0.15, 0.2) is 0 Å². The number of benzene rings is 2. The van der Waals surface area contributed by atoms with Gasteiger partial charge in [-0.25, -0.2) is 8.42 Å². The number of aromatic nitrogens is 2. The predicted octanol–water partition coefficient (Wildman–Crippen LogP) is 3.25. The van der Waals surface area contributed by atoms with Crippen molar-refractivity contribution >= 4 is 21.6 Å². The van der Waals surface area contributed by atoms with E-state index in [2.05, 4.69) is 10.1 Å². The van der Waals surface area contributed by atoms with Gasteiger partial charge in [-0.1, -0.05) is 54.5 Å². The second kappa shape index (κ2) is 9.30. The Hall–Kier alpha value is -3.20. The first-order chi connectivity index (χ1) is 14.7. The summed E-state index contributed by atoms with van der Waals surface area (Å²) in [5.74, 6) is 0.348. The SMILES string of the molecule is CCC(C(=O)N(C)Cc1nc(-c2ccccc2)no1)N(c1cccc(C)c1)S(C)(=O)=O. The number of amides is 1. The number of rotatable bonds is 8. The van der Waals surface area contributed by atoms with Crippen LogP contribution in [0.4, 0.5) is 5.69 Å². The molecule has 3 rings (SSSR count). The third-order valence-corrected chi connectivity index (χ3v) is 6.00. The summed E-state index contributed by atoms with van der Waals surface area (Å²) in [5, 5.41) is 3.97. The average Bonchev–Trinajstić information content (AvgIpc) is 3.19. The Bertz CT molecular complexity index is 1150. The fourth-order valence-corrected chi connectivity index (χ4v) is 4.57. The van der Waals surface area contributed by atoms with Gasteiger partial charge in [0.25, 0.3) is 0 Å². The van der Waals surface area contributed by atoms with Crippen LogP contribution in [-0.2, 0) is 21.4 Å². The minimum Gasteiger partial charge on any atom is -0.337 e. The van der Waals surface area contributed by atoms with Gasteiger partial charge in [-0.15, -0.1) is 0 Å². The van der Waals surface area contributed by atoms with Crippen molar-refractivity contribution in [1.82, 2.24) is 15.0 Å². The number of aryl methyl sites for hydroxylation is 1. The van der Waals surface area contributed by atoms with Crippen LogP contribution in [0, 0.1) is 6.92 Å². The van der Waals surface area contributed by atoms with Crippen molar-refractivity contribution in [2.45, 2.75) is 32.9 Å². The normalized spacial score (nSPS) is 12.4. The van der Waals surface area contributed by atoms with E-state index < -0.39 is 16.1 Å². The maximum absolute atomic E-state index is 13.2. The highest BCUT2D eigenvalue weighted by Crippen LogP contribution is 2.25. The molecule has 1 heterocycles. The molecular weight excluding hydrogens is 416 g/mol. The van der Waals surface area contributed by atoms with E-state index >= 15 is 0 Å². The molecule has 2 aromatic carbocycles. The van der Waals surface area contributed by atoms with Gasteiger partial charge in [0.2, 0.25) is 27.6 Å². The van der Waals surface area contributed by atoms with Crippen LogP contribution in [0.3, 0.4) is 0 Å². The van der Waals surface area contributed by atoms with E-state index in [1.165, 1.54) is 9.21 Å². The minimum atomic E-state index is -3.69. The zero-order valence-corrected chi connectivity index (χ0v) is 18.8. The van der Waals surface area contributed by atoms with Gasteiger partial charge in [-0.05, 0) is 31.0 Å². The highest BCUT2D eigenvalue weighted by atomic mass is 32.2. The first kappa shape index (κ1) is 22.5. The summed E-state index contributed by atoms with van der Waals surface area (Å²) < 4.78 is 31.7. The van der Waals surface area contributed by atoms with Crippen LogP contribution in [-0.4, -0.2) is 48.7 Å². The van der Waals surface area contributed by atoms with Gasteiger partial charge in [0, 0.05) is 12.6 Å². The van der Waals surface area contributed by atoms with Crippen molar-refractivity contribution in [3.8, 4) is 11.4 Å². The quantitative estimate of drug-likeness (QED) is 0.531. The van der Waals surface area contributed by atoms with E-state index in [-0.39, 0.29) is 18.3 Å². The lowest BCUT2D eigenvalue weighted by molar-refractivity contribution is -0.132. The van der Waals surface area contributed by atoms with Crippen molar-refractivity contribution in [2.24, 2.45) is 0 Å². The number of carbonyl (C=O) groups excluding carboxylic acids is 1. The molecule has 164 valence electrons. The van der Waals surface area contributed by atoms with Crippen LogP contribution in [0.25, 0.3) is 11.4 Å². The summed E-state index contributed by atoms with van der Waals surface area (Å²) >= 11 is 0. The van der Waals surface area contributed by atoms with Crippen LogP contribution < -0.4 is 4.31 Å². The number of sulfonamides is 1. The molecule has 0 saturated heterocycles. The number of likely N-dealkylation sites (N-methyl/N-ethyl adjacent to an activating group) is 1. The lowest BCUT2D eigenvalue weighted by Gasteiger charge is -2.32. The fourth-order valence-electron chi connectivity index (χ4n) is 3.37. The molecule has 0 bridgehead atoms. The molecule has 1 unspecified atom stereocenters. The molecule has 0 radical (unpaired) electrons. The molecule has 0 aliphatic heterocycles. The second-order valence-corrected chi connectivity index (χ2v) is 9.25. The first-order valence-electron chi connectivity index (χ1n) is 9.89. The number of hydrogen-bond acceptors (Lipinski definition) is 6. The van der Waals surface area contributed by atoms with E-state index in [4.69, 9.17) is 4.52 Å². The van der Waals surface area contributed by atoms with Gasteiger partial charge in [-0.2, -0.15) is 4.98 Å². The zero-order valence-electron chi connectivity index (χ0n) is 18.0. The maximum Gasteiger partial charge on any atom is 0.246 e. The highest BCUT2D eigenvalue weighted by molar-refractivity contribution is 7.92. The summed E-state index contributed by atoms with van der Waals surface area (Å²) in [5.41, 5.74) is 2.17. The molecule has 8 nitrogen and oxygen atoms in total. The third kappa shape index (κ3) is 5.29. The van der Waals surface area contributed by atoms with Crippen LogP contribution in [0.2, 0.25) is 0 Å². The Morgan fingerprint density at radius 2 is 1.84 bits per heavy atom. The number of hydrogen-bond donors (Lipinski definition) is 0. The number of carbonyl (C=O) groups is 1. The monoisotopic (exact) mass is 442 g/mol. The van der Waals surface area contributed by atoms with Crippen LogP contribution in [0.5, 0.6) is 0 Å². The zero-order chi connectivity index (χ0) is 22.6. The van der Waals surface area contributed by atoms with Crippen molar-refractivity contribution in [2.75, 3.05) is 17.6 Å². The molecule has 31 heavy (non-hydrogen) atoms. The van der Waals surface area contributed by atoms with E-state index in [0.717, 1.165) is 17.4 Å². The van der Waals surface area contributed by atoms with Gasteiger partial charge >= 0.3 is 0 Å². The standard InChI is InChI=1S/C22H26N4O4S/c1-5-19(26(31(4,28)29)18-13-9-10-16(2)14-18)22(27)25(3)15-20-23-21(24-30-20)17-11-7-6-8-12-17/h6-14,19H,5,15H2,1-4H3. The largest absolute Gasteiger partial charge is 0.337 e. The Morgan fingerprint density at radius 3 is 2.45 bits per heavy atom. The molecule has 9 heteroatoms. The van der Waals surface area contributed by atoms with Crippen LogP contribution >= 0.6 is 0 Å². The van der Waals surface area contributed by atoms with E-state index in [9.17, 15) is 13.2 Å². The van der Waals surface area contributed by atoms with E-state index in [1.54, 1.807) is 32.2 Å². The lowest BCUT2D eigenvalue weighted by Crippen LogP contribution is -2.49. The van der Waals surface area contributed by atoms with Gasteiger partial charge < -0.3 is 9.42 Å². The van der Waals surface area contributed by atoms with E-state index in [1.807, 2.05) is 43.3 Å². The molecule has 1 atom stereocenters. The number of nitrogens with zero attached hydrogens (tertiary/aromatic N) is 4. The summed E-state index contributed by atoms with van der Waals surface area (Å²) in [6.07, 6.45) is 1.42. The molecule has 0 fully saturated rings. The molecule has 0 spiro atoms. The molecule has 0 N–H and O–H groups in total. The molecule has 1 amide bonds. The predicted molar refractivity (Wildman–Crippen MR) is 119 cm³/mol. The lowest BCUT2D eigenvalue weighted by atomic mass is 10.1. The first-order valence-corrected chi connectivity index (χ1v) is 11.7. The Kier molecular flexibility index (Phi) is 6.74. The smallest absolute Gasteiger partial charge is 0.246 e. The molecule has 1 aromatic heterocycles. The molecule has 0 saturated carbocycles. The van der Waals surface area contributed by atoms with Gasteiger partial charge in [0.1, 0.15) is 6.04 Å². The number of anilines is 1. The molecule has 0 aliphatic carbocycles. The summed E-state index contributed by atoms with van der Waals surface area (Å²) in [4.78, 5) is 19.0. The van der Waals surface area contributed by atoms with Gasteiger partial charge in [0.05, 0.1) is 18.5 Å². The molecule has 3 aromatic rings. The summed E-state index contributed by atoms with van der Waals surface area (Å²) in [6, 6.07) is 15.6. The minimum absolute atomic E-state index is 0.0700. The molecule has 0 aliphatic rings. The van der Waals surface area contributed by atoms with Crippen molar-refractivity contribution in [3.05, 3.63) is 66.1 Å². The Morgan fingerprint density at radius 1 is 1.13 bits per heavy atom. The average molecular weight is 443 g/mol. The molecular formula is C22H26N4O4S. The highest BCUT2D eigenvalue weighted by Gasteiger charge is 2.33. The Balaban J connectivity index is 1.82. The van der Waals surface area contributed by atoms with Crippen molar-refractivity contribution in [1.29, 1.82) is 0 Å². The maximum atomic E-state index is 13.2. The Labute approximate surface area is 182 Å². The van der Waals surface area contributed by atoms with Crippen molar-refractivity contribution in [3.63, 3.8) is 0 Å². The van der Waals surface area contributed by atoms with Crippen LogP contribution in [0.15, 0.2) is 59.1 Å². The third-order valence-electron chi connectivity index (χ3n) is 4.82. The van der Waals surface area contributed by atoms with Gasteiger partial charge in [-0.3, -0.25) is 9.10 Å². The topological polar surface area (TPSA) is 96.6 Å². The summed E-state index contributed by atoms with van der Waals surface area (Å²) in [6.45, 7) is 3.73. The second-order valence-electron chi connectivity index (χ2n) is 7.39. The van der Waals surface area contributed by atoms with Crippen LogP contribution in [0.1, 0.15) is 24.8 Å². The van der Waals surface area contributed by atoms with E-state index in [0.29, 0.717) is 17.9 Å². The van der Waals surface area contributed by atoms with Crippen molar-refractivity contribution < 1.29 is 17.7 Å².